The third-order valence-electron chi connectivity index (χ3n) is 11.7. The van der Waals surface area contributed by atoms with Gasteiger partial charge in [0, 0.05) is 27.5 Å². The number of hydrogen-bond acceptors (Lipinski definition) is 3. The molecule has 1 aromatic heterocycles. The Morgan fingerprint density at radius 2 is 1.09 bits per heavy atom. The molecule has 0 radical (unpaired) electrons. The number of amidine groups is 1. The summed E-state index contributed by atoms with van der Waals surface area (Å²) >= 11 is 0. The van der Waals surface area contributed by atoms with Crippen LogP contribution in [0.25, 0.3) is 82.6 Å². The summed E-state index contributed by atoms with van der Waals surface area (Å²) < 4.78 is 6.94. The fourth-order valence-electron chi connectivity index (χ4n) is 8.87. The highest BCUT2D eigenvalue weighted by Crippen LogP contribution is 2.45. The van der Waals surface area contributed by atoms with Crippen molar-refractivity contribution in [1.82, 2.24) is 5.32 Å². The Balaban J connectivity index is 1.11. The van der Waals surface area contributed by atoms with Gasteiger partial charge in [-0.25, -0.2) is 4.99 Å². The highest BCUT2D eigenvalue weighted by Gasteiger charge is 2.28. The van der Waals surface area contributed by atoms with E-state index in [9.17, 15) is 0 Å². The summed E-state index contributed by atoms with van der Waals surface area (Å²) in [7, 11) is 0. The Morgan fingerprint density at radius 1 is 0.448 bits per heavy atom. The van der Waals surface area contributed by atoms with Crippen LogP contribution in [0.15, 0.2) is 215 Å². The van der Waals surface area contributed by atoms with E-state index in [1.54, 1.807) is 0 Å². The molecule has 0 saturated carbocycles. The zero-order valence-electron chi connectivity index (χ0n) is 32.0. The second-order valence-corrected chi connectivity index (χ2v) is 15.2. The molecule has 1 N–H and O–H groups in total. The second-order valence-electron chi connectivity index (χ2n) is 15.2. The van der Waals surface area contributed by atoms with Crippen molar-refractivity contribution < 1.29 is 4.42 Å². The van der Waals surface area contributed by atoms with Crippen LogP contribution in [-0.2, 0) is 0 Å². The fourth-order valence-corrected chi connectivity index (χ4v) is 8.87. The van der Waals surface area contributed by atoms with Crippen LogP contribution in [0.1, 0.15) is 29.7 Å². The predicted octanol–water partition coefficient (Wildman–Crippen LogP) is 14.4. The molecule has 0 fully saturated rings. The second kappa shape index (κ2) is 13.9. The topological polar surface area (TPSA) is 37.5 Å². The van der Waals surface area contributed by atoms with Crippen LogP contribution >= 0.6 is 0 Å². The monoisotopic (exact) mass is 742 g/mol. The molecule has 1 aliphatic heterocycles. The van der Waals surface area contributed by atoms with E-state index in [1.165, 1.54) is 38.2 Å². The van der Waals surface area contributed by atoms with Gasteiger partial charge in [-0.1, -0.05) is 182 Å². The van der Waals surface area contributed by atoms with Crippen LogP contribution in [-0.4, -0.2) is 5.84 Å². The van der Waals surface area contributed by atoms with Gasteiger partial charge in [0.15, 0.2) is 0 Å². The van der Waals surface area contributed by atoms with Gasteiger partial charge in [0.1, 0.15) is 17.0 Å². The lowest BCUT2D eigenvalue weighted by Gasteiger charge is -2.29. The summed E-state index contributed by atoms with van der Waals surface area (Å²) in [5.74, 6) is 0.848. The number of benzene rings is 9. The zero-order valence-corrected chi connectivity index (χ0v) is 32.0. The van der Waals surface area contributed by atoms with Gasteiger partial charge in [-0.15, -0.1) is 0 Å². The molecule has 1 aliphatic rings. The highest BCUT2D eigenvalue weighted by molar-refractivity contribution is 6.16. The van der Waals surface area contributed by atoms with Gasteiger partial charge in [-0.05, 0) is 85.6 Å². The van der Waals surface area contributed by atoms with E-state index in [-0.39, 0.29) is 6.04 Å². The summed E-state index contributed by atoms with van der Waals surface area (Å²) in [6.45, 7) is 2.22. The summed E-state index contributed by atoms with van der Waals surface area (Å²) in [5, 5.41) is 11.0. The molecule has 58 heavy (non-hydrogen) atoms. The quantitative estimate of drug-likeness (QED) is 0.172. The van der Waals surface area contributed by atoms with Crippen LogP contribution in [0, 0.1) is 0 Å². The maximum atomic E-state index is 6.94. The molecule has 2 heterocycles. The standard InChI is InChI=1S/C55H38N2O/c1-35-52(42-30-29-39-28-27-38-19-11-12-22-43(38)48(39)34-42)56-55(40-20-9-4-10-21-40)57-53(35)46-24-14-26-50-51(46)47-25-13-23-45(54(47)58-50)44-32-31-41(36-15-5-2-6-16-36)33-49(44)37-17-7-3-8-18-37/h2-34,52H,1H3,(H,56,57). The highest BCUT2D eigenvalue weighted by atomic mass is 16.3. The summed E-state index contributed by atoms with van der Waals surface area (Å²) in [4.78, 5) is 5.44. The number of fused-ring (bicyclic) bond motifs is 6. The molecule has 274 valence electrons. The van der Waals surface area contributed by atoms with Crippen LogP contribution in [0.3, 0.4) is 0 Å². The number of hydrogen-bond donors (Lipinski definition) is 1. The lowest BCUT2D eigenvalue weighted by atomic mass is 9.89. The first-order valence-corrected chi connectivity index (χ1v) is 19.9. The molecule has 11 rings (SSSR count). The first-order chi connectivity index (χ1) is 28.7. The first-order valence-electron chi connectivity index (χ1n) is 19.9. The number of nitrogens with zero attached hydrogens (tertiary/aromatic N) is 1. The first kappa shape index (κ1) is 33.8. The average molecular weight is 743 g/mol. The Bertz CT molecular complexity index is 3250. The van der Waals surface area contributed by atoms with Crippen molar-refractivity contribution in [2.24, 2.45) is 4.99 Å². The molecule has 0 saturated heterocycles. The summed E-state index contributed by atoms with van der Waals surface area (Å²) in [6.07, 6.45) is 0. The molecular weight excluding hydrogens is 705 g/mol. The van der Waals surface area contributed by atoms with Crippen molar-refractivity contribution in [3.05, 3.63) is 222 Å². The van der Waals surface area contributed by atoms with Crippen LogP contribution < -0.4 is 5.32 Å². The molecule has 1 atom stereocenters. The van der Waals surface area contributed by atoms with E-state index >= 15 is 0 Å². The van der Waals surface area contributed by atoms with E-state index in [0.717, 1.165) is 72.4 Å². The van der Waals surface area contributed by atoms with Crippen LogP contribution in [0.2, 0.25) is 0 Å². The van der Waals surface area contributed by atoms with Gasteiger partial charge < -0.3 is 9.73 Å². The Labute approximate surface area is 337 Å². The van der Waals surface area contributed by atoms with Crippen molar-refractivity contribution >= 4 is 55.0 Å². The predicted molar refractivity (Wildman–Crippen MR) is 243 cm³/mol. The van der Waals surface area contributed by atoms with Crippen molar-refractivity contribution in [3.63, 3.8) is 0 Å². The van der Waals surface area contributed by atoms with Crippen molar-refractivity contribution in [1.29, 1.82) is 0 Å². The third kappa shape index (κ3) is 5.71. The average Bonchev–Trinajstić information content (AvgIpc) is 3.69. The molecule has 0 aliphatic carbocycles. The van der Waals surface area contributed by atoms with Gasteiger partial charge in [0.2, 0.25) is 0 Å². The van der Waals surface area contributed by atoms with Gasteiger partial charge in [-0.2, -0.15) is 0 Å². The van der Waals surface area contributed by atoms with Gasteiger partial charge in [0.05, 0.1) is 11.7 Å². The number of para-hydroxylation sites is 1. The van der Waals surface area contributed by atoms with E-state index in [0.29, 0.717) is 0 Å². The van der Waals surface area contributed by atoms with Crippen LogP contribution in [0.4, 0.5) is 0 Å². The number of nitrogens with one attached hydrogen (secondary N) is 1. The maximum Gasteiger partial charge on any atom is 0.143 e. The summed E-state index contributed by atoms with van der Waals surface area (Å²) in [6, 6.07) is 71.3. The minimum atomic E-state index is -0.105. The van der Waals surface area contributed by atoms with E-state index < -0.39 is 0 Å². The number of furan rings is 1. The van der Waals surface area contributed by atoms with Crippen molar-refractivity contribution in [2.75, 3.05) is 0 Å². The molecule has 3 heteroatoms. The van der Waals surface area contributed by atoms with Gasteiger partial charge in [-0.3, -0.25) is 0 Å². The lowest BCUT2D eigenvalue weighted by Crippen LogP contribution is -2.33. The molecule has 3 nitrogen and oxygen atoms in total. The minimum absolute atomic E-state index is 0.105. The number of rotatable bonds is 6. The van der Waals surface area contributed by atoms with Crippen LogP contribution in [0.5, 0.6) is 0 Å². The molecule has 0 amide bonds. The number of aliphatic imine (C=N–C) groups is 1. The molecule has 9 aromatic carbocycles. The Morgan fingerprint density at radius 3 is 1.88 bits per heavy atom. The fraction of sp³-hybridized carbons (Fsp3) is 0.0364. The molecule has 1 unspecified atom stereocenters. The van der Waals surface area contributed by atoms with Gasteiger partial charge in [0.25, 0.3) is 0 Å². The van der Waals surface area contributed by atoms with E-state index in [2.05, 4.69) is 212 Å². The minimum Gasteiger partial charge on any atom is -0.455 e. The molecule has 10 aromatic rings. The smallest absolute Gasteiger partial charge is 0.143 e. The Kier molecular flexibility index (Phi) is 8.11. The Hall–Kier alpha value is -7.49. The normalized spacial score (nSPS) is 14.3. The third-order valence-corrected chi connectivity index (χ3v) is 11.7. The van der Waals surface area contributed by atoms with E-state index in [1.807, 2.05) is 0 Å². The molecular formula is C55H38N2O. The lowest BCUT2D eigenvalue weighted by molar-refractivity contribution is 0.670. The maximum absolute atomic E-state index is 6.94. The van der Waals surface area contributed by atoms with Crippen molar-refractivity contribution in [2.45, 2.75) is 13.0 Å². The molecule has 0 bridgehead atoms. The van der Waals surface area contributed by atoms with E-state index in [4.69, 9.17) is 9.41 Å². The largest absolute Gasteiger partial charge is 0.455 e. The summed E-state index contributed by atoms with van der Waals surface area (Å²) in [5.41, 5.74) is 14.0. The van der Waals surface area contributed by atoms with Gasteiger partial charge >= 0.3 is 0 Å². The zero-order chi connectivity index (χ0) is 38.6. The molecule has 0 spiro atoms. The SMILES string of the molecule is CC1=C(c2cccc3oc4c(-c5ccc(-c6ccccc6)cc5-c5ccccc5)cccc4c23)N=C(c2ccccc2)NC1c1ccc2ccc3ccccc3c2c1. The van der Waals surface area contributed by atoms with Crippen molar-refractivity contribution in [3.8, 4) is 33.4 Å².